The Morgan fingerprint density at radius 3 is 2.42 bits per heavy atom. The maximum atomic E-state index is 12.2. The minimum Gasteiger partial charge on any atom is -0.493 e. The van der Waals surface area contributed by atoms with Gasteiger partial charge in [-0.25, -0.2) is 13.1 Å². The van der Waals surface area contributed by atoms with Gasteiger partial charge in [0.1, 0.15) is 0 Å². The minimum absolute atomic E-state index is 0.130. The molecule has 0 aliphatic rings. The Balaban J connectivity index is 1.91. The second-order valence-electron chi connectivity index (χ2n) is 5.61. The zero-order chi connectivity index (χ0) is 19.2. The van der Waals surface area contributed by atoms with E-state index in [9.17, 15) is 13.2 Å². The van der Waals surface area contributed by atoms with Crippen LogP contribution in [0.1, 0.15) is 11.1 Å². The summed E-state index contributed by atoms with van der Waals surface area (Å²) in [5.41, 5.74) is 1.63. The summed E-state index contributed by atoms with van der Waals surface area (Å²) < 4.78 is 37.0. The van der Waals surface area contributed by atoms with Crippen LogP contribution in [-0.4, -0.2) is 35.1 Å². The highest BCUT2D eigenvalue weighted by Crippen LogP contribution is 2.27. The van der Waals surface area contributed by atoms with E-state index in [0.717, 1.165) is 11.1 Å². The van der Waals surface area contributed by atoms with Gasteiger partial charge in [0.25, 0.3) is 0 Å². The third kappa shape index (κ3) is 5.21. The Kier molecular flexibility index (Phi) is 6.59. The third-order valence-electron chi connectivity index (χ3n) is 3.66. The van der Waals surface area contributed by atoms with Crippen molar-refractivity contribution in [2.75, 3.05) is 20.8 Å². The Morgan fingerprint density at radius 1 is 1.04 bits per heavy atom. The molecule has 2 rings (SSSR count). The van der Waals surface area contributed by atoms with Crippen molar-refractivity contribution in [1.82, 2.24) is 10.0 Å². The summed E-state index contributed by atoms with van der Waals surface area (Å²) >= 11 is 0. The highest BCUT2D eigenvalue weighted by Gasteiger charge is 2.15. The molecule has 7 nitrogen and oxygen atoms in total. The molecule has 0 saturated heterocycles. The fourth-order valence-corrected chi connectivity index (χ4v) is 3.37. The van der Waals surface area contributed by atoms with E-state index in [4.69, 9.17) is 9.47 Å². The molecule has 0 spiro atoms. The molecular weight excluding hydrogens is 356 g/mol. The van der Waals surface area contributed by atoms with Crippen LogP contribution in [0.25, 0.3) is 0 Å². The molecule has 0 fully saturated rings. The Labute approximate surface area is 153 Å². The number of rotatable bonds is 8. The molecule has 2 N–H and O–H groups in total. The number of carbonyl (C=O) groups excluding carboxylic acids is 1. The van der Waals surface area contributed by atoms with Crippen molar-refractivity contribution in [2.24, 2.45) is 0 Å². The second kappa shape index (κ2) is 8.68. The smallest absolute Gasteiger partial charge is 0.241 e. The number of hydrogen-bond acceptors (Lipinski definition) is 5. The summed E-state index contributed by atoms with van der Waals surface area (Å²) in [5.74, 6) is 0.712. The van der Waals surface area contributed by atoms with E-state index < -0.39 is 15.9 Å². The number of benzene rings is 2. The first-order chi connectivity index (χ1) is 12.4. The molecule has 0 saturated carbocycles. The quantitative estimate of drug-likeness (QED) is 0.728. The fraction of sp³-hybridized carbons (Fsp3) is 0.278. The van der Waals surface area contributed by atoms with Gasteiger partial charge in [0.2, 0.25) is 15.9 Å². The van der Waals surface area contributed by atoms with E-state index in [1.54, 1.807) is 50.4 Å². The van der Waals surface area contributed by atoms with E-state index in [-0.39, 0.29) is 18.0 Å². The number of ether oxygens (including phenoxy) is 2. The van der Waals surface area contributed by atoms with Gasteiger partial charge in [0.15, 0.2) is 11.5 Å². The standard InChI is InChI=1S/C18H22N2O5S/c1-13-5-4-6-15(9-13)26(22,23)20-12-18(21)19-11-14-7-8-16(24-2)17(10-14)25-3/h4-10,20H,11-12H2,1-3H3,(H,19,21). The summed E-state index contributed by atoms with van der Waals surface area (Å²) in [6.07, 6.45) is 0. The maximum Gasteiger partial charge on any atom is 0.241 e. The molecule has 2 aromatic carbocycles. The Morgan fingerprint density at radius 2 is 1.77 bits per heavy atom. The van der Waals surface area contributed by atoms with Crippen LogP contribution in [0.2, 0.25) is 0 Å². The van der Waals surface area contributed by atoms with Crippen molar-refractivity contribution in [1.29, 1.82) is 0 Å². The molecule has 0 aliphatic heterocycles. The molecular formula is C18H22N2O5S. The molecule has 26 heavy (non-hydrogen) atoms. The average molecular weight is 378 g/mol. The van der Waals surface area contributed by atoms with Gasteiger partial charge in [-0.05, 0) is 42.3 Å². The van der Waals surface area contributed by atoms with Crippen molar-refractivity contribution in [3.63, 3.8) is 0 Å². The number of aryl methyl sites for hydroxylation is 1. The number of amides is 1. The highest BCUT2D eigenvalue weighted by atomic mass is 32.2. The van der Waals surface area contributed by atoms with Gasteiger partial charge in [-0.2, -0.15) is 0 Å². The predicted molar refractivity (Wildman–Crippen MR) is 97.8 cm³/mol. The highest BCUT2D eigenvalue weighted by molar-refractivity contribution is 7.89. The number of sulfonamides is 1. The van der Waals surface area contributed by atoms with Crippen molar-refractivity contribution in [3.05, 3.63) is 53.6 Å². The zero-order valence-electron chi connectivity index (χ0n) is 14.9. The van der Waals surface area contributed by atoms with Crippen molar-refractivity contribution in [3.8, 4) is 11.5 Å². The van der Waals surface area contributed by atoms with Crippen LogP contribution >= 0.6 is 0 Å². The van der Waals surface area contributed by atoms with Crippen molar-refractivity contribution in [2.45, 2.75) is 18.4 Å². The van der Waals surface area contributed by atoms with E-state index in [1.807, 2.05) is 0 Å². The number of carbonyl (C=O) groups is 1. The first-order valence-electron chi connectivity index (χ1n) is 7.89. The lowest BCUT2D eigenvalue weighted by molar-refractivity contribution is -0.120. The van der Waals surface area contributed by atoms with Crippen molar-refractivity contribution < 1.29 is 22.7 Å². The summed E-state index contributed by atoms with van der Waals surface area (Å²) in [6, 6.07) is 11.8. The molecule has 0 aromatic heterocycles. The fourth-order valence-electron chi connectivity index (χ4n) is 2.28. The second-order valence-corrected chi connectivity index (χ2v) is 7.37. The molecule has 0 radical (unpaired) electrons. The predicted octanol–water partition coefficient (Wildman–Crippen LogP) is 1.61. The monoisotopic (exact) mass is 378 g/mol. The van der Waals surface area contributed by atoms with Gasteiger partial charge in [0.05, 0.1) is 25.7 Å². The van der Waals surface area contributed by atoms with Gasteiger partial charge >= 0.3 is 0 Å². The van der Waals surface area contributed by atoms with Crippen LogP contribution in [0.4, 0.5) is 0 Å². The summed E-state index contributed by atoms with van der Waals surface area (Å²) in [4.78, 5) is 12.1. The largest absolute Gasteiger partial charge is 0.493 e. The molecule has 0 atom stereocenters. The molecule has 0 aliphatic carbocycles. The molecule has 0 heterocycles. The molecule has 1 amide bonds. The van der Waals surface area contributed by atoms with E-state index in [0.29, 0.717) is 11.5 Å². The number of hydrogen-bond donors (Lipinski definition) is 2. The van der Waals surface area contributed by atoms with Gasteiger partial charge in [-0.3, -0.25) is 4.79 Å². The maximum absolute atomic E-state index is 12.2. The van der Waals surface area contributed by atoms with Crippen LogP contribution in [-0.2, 0) is 21.4 Å². The molecule has 2 aromatic rings. The van der Waals surface area contributed by atoms with Crippen LogP contribution in [0.15, 0.2) is 47.4 Å². The Bertz CT molecular complexity index is 881. The molecule has 0 bridgehead atoms. The molecule has 0 unspecified atom stereocenters. The van der Waals surface area contributed by atoms with Gasteiger partial charge in [-0.1, -0.05) is 18.2 Å². The zero-order valence-corrected chi connectivity index (χ0v) is 15.7. The SMILES string of the molecule is COc1ccc(CNC(=O)CNS(=O)(=O)c2cccc(C)c2)cc1OC. The van der Waals surface area contributed by atoms with E-state index in [1.165, 1.54) is 13.2 Å². The number of methoxy groups -OCH3 is 2. The topological polar surface area (TPSA) is 93.7 Å². The first-order valence-corrected chi connectivity index (χ1v) is 9.38. The number of nitrogens with one attached hydrogen (secondary N) is 2. The first kappa shape index (κ1) is 19.7. The van der Waals surface area contributed by atoms with Crippen LogP contribution in [0, 0.1) is 6.92 Å². The summed E-state index contributed by atoms with van der Waals surface area (Å²) in [7, 11) is -0.658. The Hall–Kier alpha value is -2.58. The molecule has 140 valence electrons. The normalized spacial score (nSPS) is 11.0. The van der Waals surface area contributed by atoms with Crippen LogP contribution in [0.3, 0.4) is 0 Å². The lowest BCUT2D eigenvalue weighted by Crippen LogP contribution is -2.36. The van der Waals surface area contributed by atoms with Gasteiger partial charge < -0.3 is 14.8 Å². The average Bonchev–Trinajstić information content (AvgIpc) is 2.64. The summed E-state index contributed by atoms with van der Waals surface area (Å²) in [5, 5.41) is 2.66. The minimum atomic E-state index is -3.73. The van der Waals surface area contributed by atoms with Gasteiger partial charge in [0, 0.05) is 6.54 Å². The van der Waals surface area contributed by atoms with Crippen LogP contribution < -0.4 is 19.5 Å². The van der Waals surface area contributed by atoms with E-state index >= 15 is 0 Å². The van der Waals surface area contributed by atoms with Crippen LogP contribution in [0.5, 0.6) is 11.5 Å². The third-order valence-corrected chi connectivity index (χ3v) is 5.06. The summed E-state index contributed by atoms with van der Waals surface area (Å²) in [6.45, 7) is 1.70. The molecule has 8 heteroatoms. The van der Waals surface area contributed by atoms with Crippen molar-refractivity contribution >= 4 is 15.9 Å². The van der Waals surface area contributed by atoms with Gasteiger partial charge in [-0.15, -0.1) is 0 Å². The van der Waals surface area contributed by atoms with E-state index in [2.05, 4.69) is 10.0 Å². The lowest BCUT2D eigenvalue weighted by Gasteiger charge is -2.11. The lowest BCUT2D eigenvalue weighted by atomic mass is 10.2.